The van der Waals surface area contributed by atoms with Crippen LogP contribution in [0.3, 0.4) is 0 Å². The number of ether oxygens (including phenoxy) is 1. The minimum atomic E-state index is 0.351. The molecule has 1 fully saturated rings. The van der Waals surface area contributed by atoms with Gasteiger partial charge in [0.2, 0.25) is 0 Å². The summed E-state index contributed by atoms with van der Waals surface area (Å²) < 4.78 is 5.01. The van der Waals surface area contributed by atoms with E-state index in [1.807, 2.05) is 0 Å². The smallest absolute Gasteiger partial charge is 0.318 e. The standard InChI is InChI=1S/C13H20ClN3O/c1-3-9-4-6-10(7-5-9)16-12-11(14)8-15-13(17-12)18-2/h8-10H,3-7H2,1-2H3,(H,15,16,17). The van der Waals surface area contributed by atoms with Gasteiger partial charge in [-0.3, -0.25) is 0 Å². The van der Waals surface area contributed by atoms with Crippen LogP contribution in [0.5, 0.6) is 6.01 Å². The van der Waals surface area contributed by atoms with Crippen molar-refractivity contribution in [3.05, 3.63) is 11.2 Å². The lowest BCUT2D eigenvalue weighted by molar-refractivity contribution is 0.329. The van der Waals surface area contributed by atoms with Crippen molar-refractivity contribution in [2.45, 2.75) is 45.1 Å². The van der Waals surface area contributed by atoms with Crippen molar-refractivity contribution in [2.75, 3.05) is 12.4 Å². The van der Waals surface area contributed by atoms with Crippen molar-refractivity contribution in [1.82, 2.24) is 9.97 Å². The fourth-order valence-electron chi connectivity index (χ4n) is 2.46. The van der Waals surface area contributed by atoms with E-state index < -0.39 is 0 Å². The number of halogens is 1. The van der Waals surface area contributed by atoms with Crippen LogP contribution >= 0.6 is 11.6 Å². The van der Waals surface area contributed by atoms with E-state index in [9.17, 15) is 0 Å². The largest absolute Gasteiger partial charge is 0.467 e. The summed E-state index contributed by atoms with van der Waals surface area (Å²) in [5.41, 5.74) is 0. The van der Waals surface area contributed by atoms with Crippen molar-refractivity contribution < 1.29 is 4.74 Å². The fraction of sp³-hybridized carbons (Fsp3) is 0.692. The lowest BCUT2D eigenvalue weighted by Crippen LogP contribution is -2.26. The summed E-state index contributed by atoms with van der Waals surface area (Å²) in [6, 6.07) is 0.814. The maximum atomic E-state index is 6.09. The molecular formula is C13H20ClN3O. The molecule has 0 aliphatic heterocycles. The van der Waals surface area contributed by atoms with E-state index in [0.717, 1.165) is 5.92 Å². The maximum Gasteiger partial charge on any atom is 0.318 e. The van der Waals surface area contributed by atoms with Crippen LogP contribution in [-0.2, 0) is 0 Å². The highest BCUT2D eigenvalue weighted by Crippen LogP contribution is 2.30. The molecule has 1 aliphatic carbocycles. The van der Waals surface area contributed by atoms with Gasteiger partial charge in [0.1, 0.15) is 5.02 Å². The summed E-state index contributed by atoms with van der Waals surface area (Å²) >= 11 is 6.09. The van der Waals surface area contributed by atoms with Crippen molar-refractivity contribution in [1.29, 1.82) is 0 Å². The molecule has 1 saturated carbocycles. The SMILES string of the molecule is CCC1CCC(Nc2nc(OC)ncc2Cl)CC1. The van der Waals surface area contributed by atoms with Crippen molar-refractivity contribution in [3.8, 4) is 6.01 Å². The number of anilines is 1. The van der Waals surface area contributed by atoms with Gasteiger partial charge in [0.05, 0.1) is 13.3 Å². The third-order valence-corrected chi connectivity index (χ3v) is 3.95. The topological polar surface area (TPSA) is 47.0 Å². The van der Waals surface area contributed by atoms with E-state index in [1.165, 1.54) is 32.1 Å². The highest BCUT2D eigenvalue weighted by molar-refractivity contribution is 6.32. The fourth-order valence-corrected chi connectivity index (χ4v) is 2.60. The Hall–Kier alpha value is -1.03. The van der Waals surface area contributed by atoms with Crippen LogP contribution in [0.15, 0.2) is 6.20 Å². The Morgan fingerprint density at radius 3 is 2.72 bits per heavy atom. The van der Waals surface area contributed by atoms with Gasteiger partial charge in [0.15, 0.2) is 5.82 Å². The number of hydrogen-bond donors (Lipinski definition) is 1. The number of rotatable bonds is 4. The van der Waals surface area contributed by atoms with Gasteiger partial charge in [-0.05, 0) is 31.6 Å². The lowest BCUT2D eigenvalue weighted by atomic mass is 9.84. The number of nitrogens with zero attached hydrogens (tertiary/aromatic N) is 2. The summed E-state index contributed by atoms with van der Waals surface area (Å²) in [4.78, 5) is 8.22. The molecular weight excluding hydrogens is 250 g/mol. The zero-order valence-electron chi connectivity index (χ0n) is 10.9. The first-order valence-electron chi connectivity index (χ1n) is 6.56. The lowest BCUT2D eigenvalue weighted by Gasteiger charge is -2.28. The second-order valence-corrected chi connectivity index (χ2v) is 5.23. The number of hydrogen-bond acceptors (Lipinski definition) is 4. The van der Waals surface area contributed by atoms with E-state index in [2.05, 4.69) is 22.2 Å². The van der Waals surface area contributed by atoms with E-state index >= 15 is 0 Å². The molecule has 0 radical (unpaired) electrons. The zero-order chi connectivity index (χ0) is 13.0. The second-order valence-electron chi connectivity index (χ2n) is 4.82. The molecule has 0 spiro atoms. The summed E-state index contributed by atoms with van der Waals surface area (Å²) in [5.74, 6) is 1.57. The van der Waals surface area contributed by atoms with Gasteiger partial charge in [0, 0.05) is 6.04 Å². The van der Waals surface area contributed by atoms with Gasteiger partial charge in [0.25, 0.3) is 0 Å². The number of nitrogens with one attached hydrogen (secondary N) is 1. The first-order chi connectivity index (χ1) is 8.72. The molecule has 2 rings (SSSR count). The van der Waals surface area contributed by atoms with E-state index in [-0.39, 0.29) is 0 Å². The monoisotopic (exact) mass is 269 g/mol. The summed E-state index contributed by atoms with van der Waals surface area (Å²) in [6.07, 6.45) is 7.80. The molecule has 0 unspecified atom stereocenters. The van der Waals surface area contributed by atoms with E-state index in [4.69, 9.17) is 16.3 Å². The minimum Gasteiger partial charge on any atom is -0.467 e. The zero-order valence-corrected chi connectivity index (χ0v) is 11.7. The number of aromatic nitrogens is 2. The Balaban J connectivity index is 1.97. The minimum absolute atomic E-state index is 0.351. The maximum absolute atomic E-state index is 6.09. The van der Waals surface area contributed by atoms with Crippen LogP contribution in [0.25, 0.3) is 0 Å². The third-order valence-electron chi connectivity index (χ3n) is 3.67. The Kier molecular flexibility index (Phi) is 4.64. The predicted octanol–water partition coefficient (Wildman–Crippen LogP) is 3.52. The summed E-state index contributed by atoms with van der Waals surface area (Å²) in [7, 11) is 1.56. The molecule has 1 aliphatic rings. The molecule has 18 heavy (non-hydrogen) atoms. The average Bonchev–Trinajstić information content (AvgIpc) is 2.42. The molecule has 1 heterocycles. The molecule has 5 heteroatoms. The first kappa shape index (κ1) is 13.4. The van der Waals surface area contributed by atoms with Crippen LogP contribution in [0.2, 0.25) is 5.02 Å². The van der Waals surface area contributed by atoms with Crippen LogP contribution < -0.4 is 10.1 Å². The molecule has 100 valence electrons. The molecule has 0 amide bonds. The van der Waals surface area contributed by atoms with Gasteiger partial charge >= 0.3 is 6.01 Å². The van der Waals surface area contributed by atoms with Gasteiger partial charge < -0.3 is 10.1 Å². The van der Waals surface area contributed by atoms with E-state index in [1.54, 1.807) is 13.3 Å². The molecule has 1 N–H and O–H groups in total. The predicted molar refractivity (Wildman–Crippen MR) is 73.3 cm³/mol. The van der Waals surface area contributed by atoms with Crippen molar-refractivity contribution in [2.24, 2.45) is 5.92 Å². The molecule has 4 nitrogen and oxygen atoms in total. The van der Waals surface area contributed by atoms with Crippen LogP contribution in [0.1, 0.15) is 39.0 Å². The molecule has 0 bridgehead atoms. The highest BCUT2D eigenvalue weighted by Gasteiger charge is 2.21. The summed E-state index contributed by atoms with van der Waals surface area (Å²) in [5, 5.41) is 3.95. The molecule has 1 aromatic rings. The first-order valence-corrected chi connectivity index (χ1v) is 6.93. The van der Waals surface area contributed by atoms with Gasteiger partial charge in [-0.2, -0.15) is 4.98 Å². The quantitative estimate of drug-likeness (QED) is 0.909. The molecule has 1 aromatic heterocycles. The normalized spacial score (nSPS) is 23.7. The van der Waals surface area contributed by atoms with Crippen molar-refractivity contribution >= 4 is 17.4 Å². The second kappa shape index (κ2) is 6.23. The Bertz CT molecular complexity index is 392. The average molecular weight is 270 g/mol. The van der Waals surface area contributed by atoms with Crippen LogP contribution in [-0.4, -0.2) is 23.1 Å². The summed E-state index contributed by atoms with van der Waals surface area (Å²) in [6.45, 7) is 2.27. The Labute approximate surface area is 113 Å². The van der Waals surface area contributed by atoms with Crippen LogP contribution in [0, 0.1) is 5.92 Å². The molecule has 0 atom stereocenters. The van der Waals surface area contributed by atoms with Crippen molar-refractivity contribution in [3.63, 3.8) is 0 Å². The van der Waals surface area contributed by atoms with Gasteiger partial charge in [-0.1, -0.05) is 24.9 Å². The number of methoxy groups -OCH3 is 1. The van der Waals surface area contributed by atoms with Gasteiger partial charge in [-0.15, -0.1) is 0 Å². The third kappa shape index (κ3) is 3.25. The van der Waals surface area contributed by atoms with Gasteiger partial charge in [-0.25, -0.2) is 4.98 Å². The highest BCUT2D eigenvalue weighted by atomic mass is 35.5. The molecule has 0 saturated heterocycles. The molecule has 0 aromatic carbocycles. The Morgan fingerprint density at radius 1 is 1.39 bits per heavy atom. The van der Waals surface area contributed by atoms with E-state index in [0.29, 0.717) is 22.9 Å². The van der Waals surface area contributed by atoms with Crippen LogP contribution in [0.4, 0.5) is 5.82 Å². The Morgan fingerprint density at radius 2 is 2.11 bits per heavy atom.